The van der Waals surface area contributed by atoms with Gasteiger partial charge in [-0.25, -0.2) is 0 Å². The fourth-order valence-corrected chi connectivity index (χ4v) is 1.57. The maximum Gasteiger partial charge on any atom is 0.272 e. The van der Waals surface area contributed by atoms with E-state index in [0.29, 0.717) is 17.5 Å². The molecule has 1 N–H and O–H groups in total. The molecule has 0 saturated heterocycles. The van der Waals surface area contributed by atoms with E-state index in [0.717, 1.165) is 11.3 Å². The lowest BCUT2D eigenvalue weighted by Gasteiger charge is -2.20. The SMILES string of the molecule is Cc1cc([N+](=O)[O-])c(C)cc1NC(C)C(C)C. The van der Waals surface area contributed by atoms with Crippen LogP contribution in [0.4, 0.5) is 11.4 Å². The number of nitrogens with one attached hydrogen (secondary N) is 1. The minimum absolute atomic E-state index is 0.185. The predicted octanol–water partition coefficient (Wildman–Crippen LogP) is 3.67. The Morgan fingerprint density at radius 1 is 1.18 bits per heavy atom. The van der Waals surface area contributed by atoms with Gasteiger partial charge in [-0.1, -0.05) is 13.8 Å². The molecule has 0 aliphatic heterocycles. The van der Waals surface area contributed by atoms with E-state index in [4.69, 9.17) is 0 Å². The van der Waals surface area contributed by atoms with Crippen LogP contribution < -0.4 is 5.32 Å². The van der Waals surface area contributed by atoms with Crippen LogP contribution in [-0.4, -0.2) is 11.0 Å². The molecule has 4 nitrogen and oxygen atoms in total. The Hall–Kier alpha value is -1.58. The summed E-state index contributed by atoms with van der Waals surface area (Å²) < 4.78 is 0. The Balaban J connectivity index is 3.03. The van der Waals surface area contributed by atoms with Crippen molar-refractivity contribution in [3.8, 4) is 0 Å². The summed E-state index contributed by atoms with van der Waals surface area (Å²) in [6, 6.07) is 3.83. The number of rotatable bonds is 4. The maximum absolute atomic E-state index is 10.8. The monoisotopic (exact) mass is 236 g/mol. The van der Waals surface area contributed by atoms with Crippen molar-refractivity contribution in [1.82, 2.24) is 0 Å². The largest absolute Gasteiger partial charge is 0.382 e. The van der Waals surface area contributed by atoms with E-state index >= 15 is 0 Å². The van der Waals surface area contributed by atoms with Crippen LogP contribution >= 0.6 is 0 Å². The van der Waals surface area contributed by atoms with Crippen molar-refractivity contribution in [2.24, 2.45) is 5.92 Å². The quantitative estimate of drug-likeness (QED) is 0.641. The van der Waals surface area contributed by atoms with Crippen LogP contribution in [0.2, 0.25) is 0 Å². The minimum atomic E-state index is -0.335. The lowest BCUT2D eigenvalue weighted by molar-refractivity contribution is -0.385. The zero-order chi connectivity index (χ0) is 13.2. The van der Waals surface area contributed by atoms with E-state index in [1.807, 2.05) is 13.0 Å². The lowest BCUT2D eigenvalue weighted by Crippen LogP contribution is -2.22. The molecule has 1 unspecified atom stereocenters. The molecule has 0 bridgehead atoms. The summed E-state index contributed by atoms with van der Waals surface area (Å²) in [5.41, 5.74) is 2.77. The lowest BCUT2D eigenvalue weighted by atomic mass is 10.0. The summed E-state index contributed by atoms with van der Waals surface area (Å²) in [7, 11) is 0. The molecule has 0 amide bonds. The molecule has 1 atom stereocenters. The highest BCUT2D eigenvalue weighted by Crippen LogP contribution is 2.26. The zero-order valence-electron chi connectivity index (χ0n) is 11.1. The highest BCUT2D eigenvalue weighted by atomic mass is 16.6. The molecule has 0 radical (unpaired) electrons. The average molecular weight is 236 g/mol. The summed E-state index contributed by atoms with van der Waals surface area (Å²) >= 11 is 0. The molecule has 1 rings (SSSR count). The molecular formula is C13H20N2O2. The summed E-state index contributed by atoms with van der Waals surface area (Å²) in [5, 5.41) is 14.2. The van der Waals surface area contributed by atoms with E-state index in [-0.39, 0.29) is 10.6 Å². The van der Waals surface area contributed by atoms with E-state index in [2.05, 4.69) is 26.1 Å². The van der Waals surface area contributed by atoms with Crippen molar-refractivity contribution in [2.75, 3.05) is 5.32 Å². The number of nitro groups is 1. The van der Waals surface area contributed by atoms with Crippen molar-refractivity contribution in [3.63, 3.8) is 0 Å². The minimum Gasteiger partial charge on any atom is -0.382 e. The van der Waals surface area contributed by atoms with Crippen LogP contribution in [0.15, 0.2) is 12.1 Å². The molecule has 17 heavy (non-hydrogen) atoms. The third-order valence-electron chi connectivity index (χ3n) is 3.12. The Labute approximate surface area is 102 Å². The second kappa shape index (κ2) is 5.17. The van der Waals surface area contributed by atoms with Crippen molar-refractivity contribution >= 4 is 11.4 Å². The molecule has 1 aromatic carbocycles. The van der Waals surface area contributed by atoms with E-state index < -0.39 is 0 Å². The van der Waals surface area contributed by atoms with Crippen molar-refractivity contribution < 1.29 is 4.92 Å². The first kappa shape index (κ1) is 13.5. The van der Waals surface area contributed by atoms with Gasteiger partial charge in [0.05, 0.1) is 4.92 Å². The van der Waals surface area contributed by atoms with Gasteiger partial charge in [0.2, 0.25) is 0 Å². The third-order valence-corrected chi connectivity index (χ3v) is 3.12. The number of aryl methyl sites for hydroxylation is 2. The topological polar surface area (TPSA) is 55.2 Å². The number of nitrogens with zero attached hydrogens (tertiary/aromatic N) is 1. The summed E-state index contributed by atoms with van der Waals surface area (Å²) in [6.07, 6.45) is 0. The van der Waals surface area contributed by atoms with Crippen molar-refractivity contribution in [1.29, 1.82) is 0 Å². The molecule has 0 heterocycles. The van der Waals surface area contributed by atoms with Gasteiger partial charge in [0, 0.05) is 23.4 Å². The van der Waals surface area contributed by atoms with E-state index in [1.165, 1.54) is 0 Å². The molecule has 0 aliphatic carbocycles. The fraction of sp³-hybridized carbons (Fsp3) is 0.538. The molecular weight excluding hydrogens is 216 g/mol. The standard InChI is InChI=1S/C13H20N2O2/c1-8(2)11(5)14-12-6-10(4)13(15(16)17)7-9(12)3/h6-8,11,14H,1-5H3. The Morgan fingerprint density at radius 2 is 1.76 bits per heavy atom. The summed E-state index contributed by atoms with van der Waals surface area (Å²) in [4.78, 5) is 10.5. The molecule has 0 fully saturated rings. The van der Waals surface area contributed by atoms with Crippen LogP contribution in [-0.2, 0) is 0 Å². The summed E-state index contributed by atoms with van der Waals surface area (Å²) in [6.45, 7) is 10.1. The van der Waals surface area contributed by atoms with Crippen LogP contribution in [0.25, 0.3) is 0 Å². The van der Waals surface area contributed by atoms with Gasteiger partial charge in [-0.15, -0.1) is 0 Å². The van der Waals surface area contributed by atoms with Crippen LogP contribution in [0, 0.1) is 29.9 Å². The molecule has 1 aromatic rings. The van der Waals surface area contributed by atoms with Crippen molar-refractivity contribution in [2.45, 2.75) is 40.7 Å². The molecule has 0 aromatic heterocycles. The van der Waals surface area contributed by atoms with Gasteiger partial charge in [0.15, 0.2) is 0 Å². The normalized spacial score (nSPS) is 12.6. The highest BCUT2D eigenvalue weighted by molar-refractivity contribution is 5.59. The Kier molecular flexibility index (Phi) is 4.10. The second-order valence-corrected chi connectivity index (χ2v) is 4.89. The third kappa shape index (κ3) is 3.19. The second-order valence-electron chi connectivity index (χ2n) is 4.89. The van der Waals surface area contributed by atoms with Gasteiger partial charge < -0.3 is 5.32 Å². The number of hydrogen-bond donors (Lipinski definition) is 1. The van der Waals surface area contributed by atoms with Gasteiger partial charge >= 0.3 is 0 Å². The smallest absolute Gasteiger partial charge is 0.272 e. The molecule has 94 valence electrons. The maximum atomic E-state index is 10.8. The summed E-state index contributed by atoms with van der Waals surface area (Å²) in [5.74, 6) is 0.518. The molecule has 0 aliphatic rings. The highest BCUT2D eigenvalue weighted by Gasteiger charge is 2.15. The van der Waals surface area contributed by atoms with Gasteiger partial charge in [-0.05, 0) is 38.3 Å². The fourth-order valence-electron chi connectivity index (χ4n) is 1.57. The first-order valence-electron chi connectivity index (χ1n) is 5.85. The predicted molar refractivity (Wildman–Crippen MR) is 70.5 cm³/mol. The number of nitro benzene ring substituents is 1. The van der Waals surface area contributed by atoms with Gasteiger partial charge in [0.1, 0.15) is 0 Å². The number of hydrogen-bond acceptors (Lipinski definition) is 3. The van der Waals surface area contributed by atoms with E-state index in [9.17, 15) is 10.1 Å². The average Bonchev–Trinajstić information content (AvgIpc) is 2.22. The molecule has 0 saturated carbocycles. The zero-order valence-corrected chi connectivity index (χ0v) is 11.1. The van der Waals surface area contributed by atoms with Gasteiger partial charge in [-0.3, -0.25) is 10.1 Å². The van der Waals surface area contributed by atoms with E-state index in [1.54, 1.807) is 13.0 Å². The van der Waals surface area contributed by atoms with Crippen LogP contribution in [0.5, 0.6) is 0 Å². The van der Waals surface area contributed by atoms with Crippen LogP contribution in [0.1, 0.15) is 31.9 Å². The Bertz CT molecular complexity index is 428. The first-order chi connectivity index (χ1) is 7.82. The molecule has 0 spiro atoms. The van der Waals surface area contributed by atoms with Gasteiger partial charge in [-0.2, -0.15) is 0 Å². The first-order valence-corrected chi connectivity index (χ1v) is 5.85. The Morgan fingerprint density at radius 3 is 2.24 bits per heavy atom. The van der Waals surface area contributed by atoms with Gasteiger partial charge in [0.25, 0.3) is 5.69 Å². The van der Waals surface area contributed by atoms with Crippen molar-refractivity contribution in [3.05, 3.63) is 33.4 Å². The number of anilines is 1. The number of benzene rings is 1. The molecule has 4 heteroatoms. The van der Waals surface area contributed by atoms with Crippen LogP contribution in [0.3, 0.4) is 0 Å².